The molecule has 4 aromatic heterocycles. The van der Waals surface area contributed by atoms with E-state index in [0.29, 0.717) is 17.1 Å². The topological polar surface area (TPSA) is 146 Å². The van der Waals surface area contributed by atoms with E-state index in [9.17, 15) is 28.0 Å². The molecule has 1 aliphatic carbocycles. The van der Waals surface area contributed by atoms with Gasteiger partial charge in [-0.2, -0.15) is 0 Å². The molecule has 15 heteroatoms. The van der Waals surface area contributed by atoms with Gasteiger partial charge in [0.2, 0.25) is 5.91 Å². The lowest BCUT2D eigenvalue weighted by atomic mass is 10.2. The molecule has 0 aromatic carbocycles. The maximum Gasteiger partial charge on any atom is 0.332 e. The maximum atomic E-state index is 13.5. The van der Waals surface area contributed by atoms with Gasteiger partial charge >= 0.3 is 5.69 Å². The van der Waals surface area contributed by atoms with Gasteiger partial charge in [0.05, 0.1) is 30.4 Å². The number of hydrogen-bond donors (Lipinski definition) is 1. The van der Waals surface area contributed by atoms with Crippen molar-refractivity contribution < 1.29 is 23.1 Å². The molecule has 0 radical (unpaired) electrons. The number of imidazole rings is 1. The number of pyridine rings is 2. The molecule has 3 atom stereocenters. The molecule has 1 amide bonds. The molecule has 224 valence electrons. The van der Waals surface area contributed by atoms with Crippen molar-refractivity contribution in [3.8, 4) is 11.3 Å². The van der Waals surface area contributed by atoms with Crippen LogP contribution in [0.3, 0.4) is 0 Å². The van der Waals surface area contributed by atoms with Gasteiger partial charge in [-0.15, -0.1) is 0 Å². The van der Waals surface area contributed by atoms with Gasteiger partial charge < -0.3 is 19.5 Å². The average Bonchev–Trinajstić information content (AvgIpc) is 3.41. The molecule has 0 bridgehead atoms. The van der Waals surface area contributed by atoms with Crippen LogP contribution in [0.1, 0.15) is 13.0 Å². The number of aromatic nitrogens is 6. The fourth-order valence-corrected chi connectivity index (χ4v) is 5.55. The number of carbonyl (C=O) groups is 2. The fourth-order valence-electron chi connectivity index (χ4n) is 5.55. The van der Waals surface area contributed by atoms with Crippen LogP contribution < -0.4 is 21.5 Å². The van der Waals surface area contributed by atoms with Crippen molar-refractivity contribution >= 4 is 34.5 Å². The van der Waals surface area contributed by atoms with Crippen molar-refractivity contribution in [1.82, 2.24) is 28.7 Å². The van der Waals surface area contributed by atoms with Gasteiger partial charge in [-0.1, -0.05) is 6.07 Å². The molecule has 43 heavy (non-hydrogen) atoms. The van der Waals surface area contributed by atoms with Crippen LogP contribution in [-0.2, 0) is 27.9 Å². The third-order valence-electron chi connectivity index (χ3n) is 8.06. The van der Waals surface area contributed by atoms with E-state index in [1.54, 1.807) is 43.5 Å². The van der Waals surface area contributed by atoms with Gasteiger partial charge in [-0.05, 0) is 31.2 Å². The molecule has 0 spiro atoms. The van der Waals surface area contributed by atoms with Gasteiger partial charge in [-0.3, -0.25) is 23.5 Å². The third kappa shape index (κ3) is 4.88. The monoisotopic (exact) mass is 594 g/mol. The molecule has 2 aliphatic rings. The average molecular weight is 595 g/mol. The summed E-state index contributed by atoms with van der Waals surface area (Å²) in [5.74, 6) is -3.86. The number of Topliss-reactive ketones (excluding diaryl/α,β-unsaturated/α-hetero) is 1. The molecule has 13 nitrogen and oxygen atoms in total. The number of hydrogen-bond acceptors (Lipinski definition) is 9. The zero-order valence-corrected chi connectivity index (χ0v) is 23.5. The zero-order chi connectivity index (χ0) is 30.6. The quantitative estimate of drug-likeness (QED) is 0.304. The number of nitrogens with zero attached hydrogens (tertiary/aromatic N) is 7. The Labute approximate surface area is 242 Å². The van der Waals surface area contributed by atoms with E-state index in [1.807, 2.05) is 4.90 Å². The predicted octanol–water partition coefficient (Wildman–Crippen LogP) is 1.47. The van der Waals surface area contributed by atoms with E-state index < -0.39 is 53.3 Å². The van der Waals surface area contributed by atoms with Crippen molar-refractivity contribution in [2.75, 3.05) is 37.0 Å². The molecule has 1 saturated carbocycles. The number of halogens is 2. The zero-order valence-electron chi connectivity index (χ0n) is 23.5. The number of methoxy groups -OCH3 is 1. The predicted molar refractivity (Wildman–Crippen MR) is 151 cm³/mol. The van der Waals surface area contributed by atoms with Crippen LogP contribution in [0.15, 0.2) is 52.4 Å². The highest BCUT2D eigenvalue weighted by Crippen LogP contribution is 2.59. The van der Waals surface area contributed by atoms with E-state index in [1.165, 1.54) is 25.1 Å². The van der Waals surface area contributed by atoms with Crippen LogP contribution in [0, 0.1) is 11.8 Å². The van der Waals surface area contributed by atoms with Crippen molar-refractivity contribution in [2.45, 2.75) is 25.4 Å². The molecular weight excluding hydrogens is 566 g/mol. The van der Waals surface area contributed by atoms with Gasteiger partial charge in [0.1, 0.15) is 24.3 Å². The Morgan fingerprint density at radius 3 is 2.56 bits per heavy atom. The Morgan fingerprint density at radius 1 is 1.14 bits per heavy atom. The highest BCUT2D eigenvalue weighted by atomic mass is 19.3. The second kappa shape index (κ2) is 10.5. The van der Waals surface area contributed by atoms with Crippen LogP contribution in [0.2, 0.25) is 0 Å². The Balaban J connectivity index is 1.19. The van der Waals surface area contributed by atoms with Crippen LogP contribution in [0.4, 0.5) is 20.4 Å². The molecule has 6 rings (SSSR count). The summed E-state index contributed by atoms with van der Waals surface area (Å²) >= 11 is 0. The molecule has 1 aliphatic heterocycles. The lowest BCUT2D eigenvalue weighted by molar-refractivity contribution is -0.123. The Bertz CT molecular complexity index is 1850. The van der Waals surface area contributed by atoms with Crippen molar-refractivity contribution in [2.24, 2.45) is 18.9 Å². The number of amides is 1. The van der Waals surface area contributed by atoms with Crippen LogP contribution in [0.25, 0.3) is 22.4 Å². The lowest BCUT2D eigenvalue weighted by Crippen LogP contribution is -2.42. The van der Waals surface area contributed by atoms with Gasteiger partial charge in [0, 0.05) is 39.0 Å². The summed E-state index contributed by atoms with van der Waals surface area (Å²) in [5, 5.41) is 2.74. The van der Waals surface area contributed by atoms with Crippen LogP contribution >= 0.6 is 0 Å². The minimum absolute atomic E-state index is 0.0122. The summed E-state index contributed by atoms with van der Waals surface area (Å²) in [4.78, 5) is 66.4. The number of ketones is 1. The number of piperidine rings is 1. The van der Waals surface area contributed by atoms with E-state index in [2.05, 4.69) is 20.3 Å². The lowest BCUT2D eigenvalue weighted by Gasteiger charge is -2.20. The number of aryl methyl sites for hydroxylation is 1. The number of anilines is 2. The molecule has 5 heterocycles. The van der Waals surface area contributed by atoms with E-state index in [0.717, 1.165) is 9.13 Å². The first kappa shape index (κ1) is 28.3. The largest absolute Gasteiger partial charge is 0.377 e. The second-order valence-corrected chi connectivity index (χ2v) is 10.8. The first-order valence-corrected chi connectivity index (χ1v) is 13.5. The summed E-state index contributed by atoms with van der Waals surface area (Å²) in [6.45, 7) is 1.38. The van der Waals surface area contributed by atoms with E-state index >= 15 is 0 Å². The maximum absolute atomic E-state index is 13.5. The molecule has 1 N–H and O–H groups in total. The third-order valence-corrected chi connectivity index (χ3v) is 8.06. The number of alkyl halides is 2. The van der Waals surface area contributed by atoms with Gasteiger partial charge in [0.15, 0.2) is 16.9 Å². The van der Waals surface area contributed by atoms with Crippen molar-refractivity contribution in [3.05, 3.63) is 63.7 Å². The molecular formula is C28H28F2N8O5. The highest BCUT2D eigenvalue weighted by Gasteiger charge is 2.71. The van der Waals surface area contributed by atoms with E-state index in [4.69, 9.17) is 4.74 Å². The minimum atomic E-state index is -2.56. The highest BCUT2D eigenvalue weighted by molar-refractivity contribution is 5.93. The Morgan fingerprint density at radius 2 is 1.88 bits per heavy atom. The van der Waals surface area contributed by atoms with Crippen molar-refractivity contribution in [1.29, 1.82) is 0 Å². The summed E-state index contributed by atoms with van der Waals surface area (Å²) < 4.78 is 35.2. The first-order valence-electron chi connectivity index (χ1n) is 13.5. The first-order chi connectivity index (χ1) is 20.5. The summed E-state index contributed by atoms with van der Waals surface area (Å²) in [7, 11) is 2.76. The molecule has 4 aromatic rings. The standard InChI is InChI=1S/C28H28F2N8O5/c1-15(38-14-32-24-23(38)26(41)37(27(42)35(24)2)10-17(39)13-43-3)25(40)34-21-6-4-5-20(33-21)16-7-8-22(31-9-16)36-11-18-19(12-36)28(18,29)30/h4-9,14-15,18-19H,10-13H2,1-3H3,(H,33,34,40). The number of ether oxygens (including phenoxy) is 1. The fraction of sp³-hybridized carbons (Fsp3) is 0.393. The van der Waals surface area contributed by atoms with Crippen LogP contribution in [-0.4, -0.2) is 73.1 Å². The SMILES string of the molecule is COCC(=O)Cn1c(=O)c2c(ncn2C(C)C(=O)Nc2cccc(-c3ccc(N4CC5C(C4)C5(F)F)nc3)n2)n(C)c1=O. The normalized spacial score (nSPS) is 19.3. The van der Waals surface area contributed by atoms with E-state index in [-0.39, 0.29) is 36.7 Å². The number of carbonyl (C=O) groups excluding carboxylic acids is 2. The molecule has 2 fully saturated rings. The smallest absolute Gasteiger partial charge is 0.332 e. The Hall–Kier alpha value is -4.79. The number of rotatable bonds is 9. The Kier molecular flexibility index (Phi) is 6.91. The van der Waals surface area contributed by atoms with Gasteiger partial charge in [-0.25, -0.2) is 28.5 Å². The summed E-state index contributed by atoms with van der Waals surface area (Å²) in [6.07, 6.45) is 2.90. The minimum Gasteiger partial charge on any atom is -0.377 e. The van der Waals surface area contributed by atoms with Gasteiger partial charge in [0.25, 0.3) is 11.5 Å². The second-order valence-electron chi connectivity index (χ2n) is 10.8. The number of nitrogens with one attached hydrogen (secondary N) is 1. The van der Waals surface area contributed by atoms with Crippen molar-refractivity contribution in [3.63, 3.8) is 0 Å². The van der Waals surface area contributed by atoms with Crippen LogP contribution in [0.5, 0.6) is 0 Å². The summed E-state index contributed by atoms with van der Waals surface area (Å²) in [5.41, 5.74) is -0.204. The number of fused-ring (bicyclic) bond motifs is 2. The molecule has 3 unspecified atom stereocenters. The molecule has 1 saturated heterocycles. The summed E-state index contributed by atoms with van der Waals surface area (Å²) in [6, 6.07) is 7.69.